The summed E-state index contributed by atoms with van der Waals surface area (Å²) in [5.41, 5.74) is 1.35. The standard InChI is InChI=1S/C9H17N/c1-5-10-7-9(4)6-8(2)3/h5,7-8H,6H2,1-4H3/b9-7+,10-5?. The maximum absolute atomic E-state index is 4.04. The summed E-state index contributed by atoms with van der Waals surface area (Å²) in [6, 6.07) is 0. The molecule has 0 bridgehead atoms. The zero-order valence-corrected chi connectivity index (χ0v) is 7.39. The van der Waals surface area contributed by atoms with E-state index in [2.05, 4.69) is 25.8 Å². The van der Waals surface area contributed by atoms with Crippen molar-refractivity contribution in [3.05, 3.63) is 11.8 Å². The minimum Gasteiger partial charge on any atom is -0.269 e. The largest absolute Gasteiger partial charge is 0.269 e. The van der Waals surface area contributed by atoms with Crippen molar-refractivity contribution in [1.29, 1.82) is 0 Å². The number of rotatable bonds is 3. The van der Waals surface area contributed by atoms with Gasteiger partial charge in [0.1, 0.15) is 0 Å². The molecule has 0 saturated carbocycles. The fraction of sp³-hybridized carbons (Fsp3) is 0.667. The van der Waals surface area contributed by atoms with E-state index < -0.39 is 0 Å². The van der Waals surface area contributed by atoms with Crippen molar-refractivity contribution in [2.75, 3.05) is 0 Å². The Morgan fingerprint density at radius 3 is 2.50 bits per heavy atom. The summed E-state index contributed by atoms with van der Waals surface area (Å²) >= 11 is 0. The van der Waals surface area contributed by atoms with Gasteiger partial charge in [-0.25, -0.2) is 0 Å². The molecule has 0 unspecified atom stereocenters. The molecule has 0 rings (SSSR count). The van der Waals surface area contributed by atoms with Crippen molar-refractivity contribution in [2.45, 2.75) is 34.1 Å². The number of nitrogens with zero attached hydrogens (tertiary/aromatic N) is 1. The molecule has 0 aliphatic heterocycles. The molecule has 0 N–H and O–H groups in total. The highest BCUT2D eigenvalue weighted by atomic mass is 14.7. The van der Waals surface area contributed by atoms with Crippen LogP contribution in [-0.2, 0) is 0 Å². The van der Waals surface area contributed by atoms with Gasteiger partial charge in [0, 0.05) is 12.4 Å². The highest BCUT2D eigenvalue weighted by molar-refractivity contribution is 5.54. The first-order valence-electron chi connectivity index (χ1n) is 3.80. The first-order valence-corrected chi connectivity index (χ1v) is 3.80. The average molecular weight is 139 g/mol. The summed E-state index contributed by atoms with van der Waals surface area (Å²) in [4.78, 5) is 4.04. The molecule has 0 aliphatic carbocycles. The summed E-state index contributed by atoms with van der Waals surface area (Å²) in [7, 11) is 0. The number of hydrogen-bond donors (Lipinski definition) is 0. The molecule has 1 nitrogen and oxygen atoms in total. The second-order valence-electron chi connectivity index (χ2n) is 2.98. The first-order chi connectivity index (χ1) is 4.66. The van der Waals surface area contributed by atoms with E-state index in [-0.39, 0.29) is 0 Å². The van der Waals surface area contributed by atoms with Crippen LogP contribution in [0.15, 0.2) is 16.8 Å². The van der Waals surface area contributed by atoms with Crippen molar-refractivity contribution >= 4 is 6.21 Å². The van der Waals surface area contributed by atoms with E-state index in [0.717, 1.165) is 12.3 Å². The van der Waals surface area contributed by atoms with Crippen molar-refractivity contribution in [2.24, 2.45) is 10.9 Å². The number of hydrogen-bond acceptors (Lipinski definition) is 1. The van der Waals surface area contributed by atoms with E-state index in [1.165, 1.54) is 5.57 Å². The van der Waals surface area contributed by atoms with Gasteiger partial charge < -0.3 is 0 Å². The van der Waals surface area contributed by atoms with E-state index in [1.54, 1.807) is 0 Å². The Morgan fingerprint density at radius 1 is 1.50 bits per heavy atom. The van der Waals surface area contributed by atoms with Gasteiger partial charge in [-0.3, -0.25) is 4.99 Å². The Morgan fingerprint density at radius 2 is 2.10 bits per heavy atom. The van der Waals surface area contributed by atoms with E-state index in [1.807, 2.05) is 19.3 Å². The van der Waals surface area contributed by atoms with E-state index in [0.29, 0.717) is 0 Å². The molecule has 0 atom stereocenters. The van der Waals surface area contributed by atoms with Gasteiger partial charge in [0.05, 0.1) is 0 Å². The van der Waals surface area contributed by atoms with Crippen LogP contribution >= 0.6 is 0 Å². The molecule has 0 spiro atoms. The van der Waals surface area contributed by atoms with Crippen LogP contribution in [0.5, 0.6) is 0 Å². The Bertz CT molecular complexity index is 132. The van der Waals surface area contributed by atoms with E-state index in [9.17, 15) is 0 Å². The van der Waals surface area contributed by atoms with E-state index >= 15 is 0 Å². The molecule has 0 radical (unpaired) electrons. The fourth-order valence-corrected chi connectivity index (χ4v) is 0.898. The third-order valence-corrected chi connectivity index (χ3v) is 1.17. The predicted molar refractivity (Wildman–Crippen MR) is 47.4 cm³/mol. The third kappa shape index (κ3) is 5.54. The van der Waals surface area contributed by atoms with Crippen LogP contribution in [0.2, 0.25) is 0 Å². The van der Waals surface area contributed by atoms with Crippen LogP contribution in [0.25, 0.3) is 0 Å². The quantitative estimate of drug-likeness (QED) is 0.533. The summed E-state index contributed by atoms with van der Waals surface area (Å²) in [5, 5.41) is 0. The van der Waals surface area contributed by atoms with Gasteiger partial charge in [-0.1, -0.05) is 19.4 Å². The SMILES string of the molecule is CC=N/C=C(\C)CC(C)C. The van der Waals surface area contributed by atoms with Gasteiger partial charge in [-0.15, -0.1) is 0 Å². The Kier molecular flexibility index (Phi) is 4.91. The molecule has 0 heterocycles. The van der Waals surface area contributed by atoms with Crippen LogP contribution in [0.4, 0.5) is 0 Å². The van der Waals surface area contributed by atoms with Crippen LogP contribution < -0.4 is 0 Å². The summed E-state index contributed by atoms with van der Waals surface area (Å²) in [6.45, 7) is 8.48. The second-order valence-corrected chi connectivity index (χ2v) is 2.98. The highest BCUT2D eigenvalue weighted by Crippen LogP contribution is 2.08. The molecule has 10 heavy (non-hydrogen) atoms. The first kappa shape index (κ1) is 9.41. The minimum absolute atomic E-state index is 0.739. The van der Waals surface area contributed by atoms with Crippen molar-refractivity contribution < 1.29 is 0 Å². The average Bonchev–Trinajstić information content (AvgIpc) is 1.82. The Balaban J connectivity index is 3.71. The van der Waals surface area contributed by atoms with Crippen molar-refractivity contribution in [3.63, 3.8) is 0 Å². The number of allylic oxidation sites excluding steroid dienone is 1. The molecule has 0 aliphatic rings. The van der Waals surface area contributed by atoms with Crippen molar-refractivity contribution in [3.8, 4) is 0 Å². The van der Waals surface area contributed by atoms with Crippen LogP contribution in [0.3, 0.4) is 0 Å². The lowest BCUT2D eigenvalue weighted by atomic mass is 10.1. The molecule has 58 valence electrons. The van der Waals surface area contributed by atoms with Gasteiger partial charge in [0.25, 0.3) is 0 Å². The fourth-order valence-electron chi connectivity index (χ4n) is 0.898. The van der Waals surface area contributed by atoms with E-state index in [4.69, 9.17) is 0 Å². The lowest BCUT2D eigenvalue weighted by molar-refractivity contribution is 0.641. The molecule has 0 aromatic rings. The normalized spacial score (nSPS) is 13.5. The summed E-state index contributed by atoms with van der Waals surface area (Å²) in [5.74, 6) is 0.739. The van der Waals surface area contributed by atoms with Crippen LogP contribution in [0.1, 0.15) is 34.1 Å². The second kappa shape index (κ2) is 5.21. The molecule has 1 heteroatoms. The topological polar surface area (TPSA) is 12.4 Å². The van der Waals surface area contributed by atoms with Crippen LogP contribution in [-0.4, -0.2) is 6.21 Å². The molecule has 0 aromatic carbocycles. The third-order valence-electron chi connectivity index (χ3n) is 1.17. The molecule has 0 aromatic heterocycles. The maximum atomic E-state index is 4.04. The molecular weight excluding hydrogens is 122 g/mol. The van der Waals surface area contributed by atoms with Crippen molar-refractivity contribution in [1.82, 2.24) is 0 Å². The molecule has 0 fully saturated rings. The highest BCUT2D eigenvalue weighted by Gasteiger charge is 1.93. The smallest absolute Gasteiger partial charge is 0.0253 e. The number of aliphatic imine (C=N–C) groups is 1. The maximum Gasteiger partial charge on any atom is 0.0253 e. The predicted octanol–water partition coefficient (Wildman–Crippen LogP) is 3.03. The zero-order chi connectivity index (χ0) is 7.98. The molecule has 0 saturated heterocycles. The van der Waals surface area contributed by atoms with Crippen LogP contribution in [0, 0.1) is 5.92 Å². The minimum atomic E-state index is 0.739. The monoisotopic (exact) mass is 139 g/mol. The lowest BCUT2D eigenvalue weighted by Gasteiger charge is -2.01. The molecular formula is C9H17N. The zero-order valence-electron chi connectivity index (χ0n) is 7.39. The Labute approximate surface area is 63.9 Å². The van der Waals surface area contributed by atoms with Gasteiger partial charge in [0.2, 0.25) is 0 Å². The Hall–Kier alpha value is -0.590. The van der Waals surface area contributed by atoms with Gasteiger partial charge in [-0.2, -0.15) is 0 Å². The molecule has 0 amide bonds. The van der Waals surface area contributed by atoms with Gasteiger partial charge in [-0.05, 0) is 26.2 Å². The van der Waals surface area contributed by atoms with Gasteiger partial charge >= 0.3 is 0 Å². The lowest BCUT2D eigenvalue weighted by Crippen LogP contribution is -1.86. The van der Waals surface area contributed by atoms with Gasteiger partial charge in [0.15, 0.2) is 0 Å². The summed E-state index contributed by atoms with van der Waals surface area (Å²) in [6.07, 6.45) is 4.89. The summed E-state index contributed by atoms with van der Waals surface area (Å²) < 4.78 is 0.